The fourth-order valence-electron chi connectivity index (χ4n) is 0. The maximum absolute atomic E-state index is 8.89. The molecule has 0 atom stereocenters. The average Bonchev–Trinajstić information content (AvgIpc) is 3.07. The van der Waals surface area contributed by atoms with Crippen LogP contribution in [0.3, 0.4) is 0 Å². The van der Waals surface area contributed by atoms with Crippen LogP contribution >= 0.6 is 0 Å². The predicted octanol–water partition coefficient (Wildman–Crippen LogP) is 1.33. The normalized spacial score (nSPS) is 7.02. The van der Waals surface area contributed by atoms with E-state index in [-0.39, 0.29) is 95.6 Å². The van der Waals surface area contributed by atoms with Gasteiger partial charge in [-0.3, -0.25) is 0 Å². The van der Waals surface area contributed by atoms with Gasteiger partial charge >= 0.3 is 95.6 Å². The molecule has 0 amide bonds. The van der Waals surface area contributed by atoms with E-state index in [0.717, 1.165) is 79.1 Å². The van der Waals surface area contributed by atoms with Crippen molar-refractivity contribution in [3.05, 3.63) is 55.4 Å². The molecule has 0 rings (SSSR count). The molecule has 0 spiro atoms. The van der Waals surface area contributed by atoms with Gasteiger partial charge in [-0.2, -0.15) is 0 Å². The van der Waals surface area contributed by atoms with E-state index in [4.69, 9.17) is 58.8 Å². The van der Waals surface area contributed by atoms with Crippen LogP contribution < -0.4 is 39.6 Å². The molecule has 16 radical (unpaired) electrons. The molecule has 17 heteroatoms. The molecular weight excluding hydrogens is 1180 g/mol. The van der Waals surface area contributed by atoms with Crippen LogP contribution in [-0.2, 0) is 19.2 Å². The molecule has 0 aliphatic heterocycles. The molecular formula is C40H84O12SiSn4. The van der Waals surface area contributed by atoms with E-state index in [1.165, 1.54) is 51.4 Å². The number of carbonyl (C=O) groups is 4. The number of rotatable bonds is 8. The Labute approximate surface area is 424 Å². The molecule has 12 nitrogen and oxygen atoms in total. The summed E-state index contributed by atoms with van der Waals surface area (Å²) in [6.07, 6.45) is 18.2. The van der Waals surface area contributed by atoms with Gasteiger partial charge in [0, 0.05) is 23.9 Å². The summed E-state index contributed by atoms with van der Waals surface area (Å²) in [6, 6.07) is 0. The van der Waals surface area contributed by atoms with Crippen LogP contribution in [0.25, 0.3) is 0 Å². The van der Waals surface area contributed by atoms with Crippen LogP contribution in [0.4, 0.5) is 0 Å². The first-order chi connectivity index (χ1) is 24.2. The summed E-state index contributed by atoms with van der Waals surface area (Å²) < 4.78 is 0. The second kappa shape index (κ2) is 146. The van der Waals surface area contributed by atoms with Crippen molar-refractivity contribution in [2.75, 3.05) is 0 Å². The van der Waals surface area contributed by atoms with E-state index >= 15 is 0 Å². The van der Waals surface area contributed by atoms with Gasteiger partial charge in [0.2, 0.25) is 0 Å². The molecule has 57 heavy (non-hydrogen) atoms. The molecule has 0 aromatic carbocycles. The smallest absolute Gasteiger partial charge is 0.894 e. The maximum atomic E-state index is 8.89. The third kappa shape index (κ3) is 2080. The Balaban J connectivity index is -0.0000000202. The maximum Gasteiger partial charge on any atom is 2.00 e. The number of aliphatic carboxylic acids is 4. The summed E-state index contributed by atoms with van der Waals surface area (Å²) in [7, 11) is -5.61. The van der Waals surface area contributed by atoms with E-state index in [0.29, 0.717) is 0 Å². The second-order valence-electron chi connectivity index (χ2n) is 9.29. The Morgan fingerprint density at radius 3 is 0.333 bits per heavy atom. The molecule has 0 bridgehead atoms. The van der Waals surface area contributed by atoms with E-state index in [1.807, 2.05) is 0 Å². The van der Waals surface area contributed by atoms with Crippen molar-refractivity contribution in [1.29, 1.82) is 0 Å². The standard InChI is InChI=1S/8C4H9.4C2H4O2.O4Si.4Sn/c8*1-3-4-2;4*1-2(3)4;1-5(2,3)4;;;;/h8*1,3-4H2,2H3;4*1H3,(H,3,4);;;;;/q;;;;;;;;;;;;-4;4*+2/p-4. The van der Waals surface area contributed by atoms with Gasteiger partial charge in [-0.15, -0.1) is 0 Å². The number of carbonyl (C=O) groups excluding carboxylic acids is 4. The fourth-order valence-corrected chi connectivity index (χ4v) is 0. The van der Waals surface area contributed by atoms with Gasteiger partial charge in [-0.25, -0.2) is 0 Å². The van der Waals surface area contributed by atoms with Crippen molar-refractivity contribution in [3.63, 3.8) is 0 Å². The van der Waals surface area contributed by atoms with E-state index in [1.54, 1.807) is 0 Å². The zero-order valence-corrected chi connectivity index (χ0v) is 50.8. The number of unbranched alkanes of at least 4 members (excludes halogenated alkanes) is 8. The van der Waals surface area contributed by atoms with Crippen LogP contribution in [0.1, 0.15) is 186 Å². The molecule has 0 saturated heterocycles. The van der Waals surface area contributed by atoms with E-state index in [2.05, 4.69) is 111 Å². The van der Waals surface area contributed by atoms with Gasteiger partial charge in [0.1, 0.15) is 0 Å². The first kappa shape index (κ1) is 112. The van der Waals surface area contributed by atoms with Crippen molar-refractivity contribution in [1.82, 2.24) is 0 Å². The minimum absolute atomic E-state index is 0. The third-order valence-electron chi connectivity index (χ3n) is 2.83. The number of carboxylic acid groups (broad SMARTS) is 4. The number of carboxylic acids is 4. The Bertz CT molecular complexity index is 417. The molecule has 0 aromatic rings. The zero-order chi connectivity index (χ0) is 46.1. The van der Waals surface area contributed by atoms with Crippen LogP contribution in [0.15, 0.2) is 0 Å². The summed E-state index contributed by atoms with van der Waals surface area (Å²) in [6.45, 7) is 49.7. The van der Waals surface area contributed by atoms with Crippen molar-refractivity contribution in [3.8, 4) is 0 Å². The Morgan fingerprint density at radius 1 is 0.316 bits per heavy atom. The molecule has 336 valence electrons. The minimum Gasteiger partial charge on any atom is -0.894 e. The Morgan fingerprint density at radius 2 is 0.333 bits per heavy atom. The van der Waals surface area contributed by atoms with Gasteiger partial charge in [0.05, 0.1) is 0 Å². The zero-order valence-electron chi connectivity index (χ0n) is 38.4. The quantitative estimate of drug-likeness (QED) is 0.312. The van der Waals surface area contributed by atoms with Crippen molar-refractivity contribution in [2.45, 2.75) is 186 Å². The van der Waals surface area contributed by atoms with Crippen LogP contribution in [0, 0.1) is 55.4 Å². The summed E-state index contributed by atoms with van der Waals surface area (Å²) in [4.78, 5) is 69.9. The fraction of sp³-hybridized carbons (Fsp3) is 0.700. The van der Waals surface area contributed by atoms with Crippen LogP contribution in [0.5, 0.6) is 0 Å². The SMILES string of the molecule is CC(=O)[O-].CC(=O)[O-].CC(=O)[O-].CC(=O)[O-].[CH2]CCC.[CH2]CCC.[CH2]CCC.[CH2]CCC.[CH2]CCC.[CH2]CCC.[CH2]CCC.[CH2]CCC.[O-][Si]([O-])([O-])[O-].[Sn+2].[Sn+2].[Sn+2].[Sn+2]. The number of hydrogen-bond donors (Lipinski definition) is 0. The largest absolute Gasteiger partial charge is 2.00 e. The summed E-state index contributed by atoms with van der Waals surface area (Å²) in [5, 5.41) is 35.6. The molecule has 0 unspecified atom stereocenters. The topological polar surface area (TPSA) is 253 Å². The molecule has 0 N–H and O–H groups in total. The van der Waals surface area contributed by atoms with Crippen molar-refractivity contribution >= 4 is 129 Å². The van der Waals surface area contributed by atoms with Gasteiger partial charge in [0.15, 0.2) is 0 Å². The summed E-state index contributed by atoms with van der Waals surface area (Å²) >= 11 is 0. The van der Waals surface area contributed by atoms with Gasteiger partial charge < -0.3 is 67.8 Å². The monoisotopic (exact) mass is 1260 g/mol. The van der Waals surface area contributed by atoms with Gasteiger partial charge in [-0.1, -0.05) is 214 Å². The first-order valence-corrected chi connectivity index (χ1v) is 19.7. The molecule has 0 fully saturated rings. The predicted molar refractivity (Wildman–Crippen MR) is 234 cm³/mol. The average molecular weight is 1260 g/mol. The molecule has 0 aliphatic carbocycles. The molecule has 0 aromatic heterocycles. The first-order valence-electron chi connectivity index (χ1n) is 18.1. The third-order valence-corrected chi connectivity index (χ3v) is 2.83. The van der Waals surface area contributed by atoms with Gasteiger partial charge in [-0.05, 0) is 27.7 Å². The molecule has 0 heterocycles. The summed E-state index contributed by atoms with van der Waals surface area (Å²) in [5.74, 6) is -4.33. The van der Waals surface area contributed by atoms with Gasteiger partial charge in [0.25, 0.3) is 0 Å². The van der Waals surface area contributed by atoms with E-state index < -0.39 is 32.9 Å². The minimum atomic E-state index is -5.61. The van der Waals surface area contributed by atoms with Crippen LogP contribution in [0.2, 0.25) is 0 Å². The van der Waals surface area contributed by atoms with E-state index in [9.17, 15) is 0 Å². The number of hydrogen-bond acceptors (Lipinski definition) is 12. The second-order valence-corrected chi connectivity index (χ2v) is 10.3. The molecule has 0 aliphatic rings. The Kier molecular flexibility index (Phi) is 287. The summed E-state index contributed by atoms with van der Waals surface area (Å²) in [5.41, 5.74) is 0. The Hall–Kier alpha value is 1.13. The van der Waals surface area contributed by atoms with Crippen molar-refractivity contribution in [2.24, 2.45) is 0 Å². The molecule has 0 saturated carbocycles. The van der Waals surface area contributed by atoms with Crippen molar-refractivity contribution < 1.29 is 58.8 Å². The van der Waals surface area contributed by atoms with Crippen LogP contribution in [-0.4, -0.2) is 129 Å².